The number of nitrogens with one attached hydrogen (secondary N) is 2. The van der Waals surface area contributed by atoms with Crippen molar-refractivity contribution in [3.8, 4) is 5.75 Å². The lowest BCUT2D eigenvalue weighted by Gasteiger charge is -2.37. The summed E-state index contributed by atoms with van der Waals surface area (Å²) in [6.07, 6.45) is 1.15. The maximum Gasteiger partial charge on any atom is 0.169 e. The predicted molar refractivity (Wildman–Crippen MR) is 108 cm³/mol. The van der Waals surface area contributed by atoms with E-state index < -0.39 is 0 Å². The molecule has 2 saturated heterocycles. The Labute approximate surface area is 162 Å². The van der Waals surface area contributed by atoms with Crippen molar-refractivity contribution < 1.29 is 14.4 Å². The molecule has 2 heterocycles. The van der Waals surface area contributed by atoms with Crippen LogP contribution < -0.4 is 19.9 Å². The summed E-state index contributed by atoms with van der Waals surface area (Å²) in [6, 6.07) is 8.28. The van der Waals surface area contributed by atoms with Gasteiger partial charge in [0, 0.05) is 44.8 Å². The van der Waals surface area contributed by atoms with Crippen molar-refractivity contribution in [1.29, 1.82) is 0 Å². The third kappa shape index (κ3) is 5.46. The van der Waals surface area contributed by atoms with Crippen molar-refractivity contribution in [3.05, 3.63) is 24.3 Å². The van der Waals surface area contributed by atoms with Crippen molar-refractivity contribution in [1.82, 2.24) is 10.2 Å². The molecule has 26 heavy (non-hydrogen) atoms. The molecule has 2 aliphatic heterocycles. The lowest BCUT2D eigenvalue weighted by molar-refractivity contribution is -0.908. The number of methoxy groups -OCH3 is 1. The minimum absolute atomic E-state index is 0.899. The van der Waals surface area contributed by atoms with Crippen molar-refractivity contribution in [2.75, 3.05) is 77.6 Å². The number of hydrogen-bond donors (Lipinski definition) is 2. The maximum atomic E-state index is 5.58. The predicted octanol–water partition coefficient (Wildman–Crippen LogP) is -0.00310. The highest BCUT2D eigenvalue weighted by Crippen LogP contribution is 2.20. The van der Waals surface area contributed by atoms with E-state index in [9.17, 15) is 0 Å². The molecule has 7 heteroatoms. The fourth-order valence-electron chi connectivity index (χ4n) is 3.52. The van der Waals surface area contributed by atoms with E-state index in [1.807, 2.05) is 12.1 Å². The molecular formula is C19H31N4O2S+. The highest BCUT2D eigenvalue weighted by atomic mass is 32.1. The molecule has 2 aliphatic rings. The van der Waals surface area contributed by atoms with Crippen LogP contribution >= 0.6 is 12.2 Å². The molecule has 0 amide bonds. The molecule has 144 valence electrons. The molecule has 2 fully saturated rings. The van der Waals surface area contributed by atoms with Gasteiger partial charge >= 0.3 is 0 Å². The highest BCUT2D eigenvalue weighted by Gasteiger charge is 2.19. The minimum atomic E-state index is 0.899. The van der Waals surface area contributed by atoms with E-state index in [4.69, 9.17) is 21.7 Å². The van der Waals surface area contributed by atoms with E-state index in [-0.39, 0.29) is 0 Å². The number of anilines is 1. The van der Waals surface area contributed by atoms with Gasteiger partial charge in [-0.05, 0) is 36.5 Å². The molecule has 0 radical (unpaired) electrons. The summed E-state index contributed by atoms with van der Waals surface area (Å²) in [5.41, 5.74) is 1.25. The largest absolute Gasteiger partial charge is 0.497 e. The molecule has 0 bridgehead atoms. The lowest BCUT2D eigenvalue weighted by atomic mass is 10.2. The zero-order chi connectivity index (χ0) is 18.2. The van der Waals surface area contributed by atoms with Crippen LogP contribution in [0.4, 0.5) is 5.69 Å². The summed E-state index contributed by atoms with van der Waals surface area (Å²) in [6.45, 7) is 10.2. The average Bonchev–Trinajstić information content (AvgIpc) is 2.72. The Morgan fingerprint density at radius 3 is 2.50 bits per heavy atom. The Morgan fingerprint density at radius 1 is 1.15 bits per heavy atom. The van der Waals surface area contributed by atoms with Gasteiger partial charge in [-0.25, -0.2) is 0 Å². The molecule has 0 saturated carbocycles. The molecule has 0 spiro atoms. The van der Waals surface area contributed by atoms with Gasteiger partial charge in [0.05, 0.1) is 26.9 Å². The number of rotatable bonds is 6. The first kappa shape index (κ1) is 19.2. The number of quaternary nitrogens is 1. The summed E-state index contributed by atoms with van der Waals surface area (Å²) >= 11 is 5.58. The van der Waals surface area contributed by atoms with Gasteiger partial charge in [-0.1, -0.05) is 0 Å². The second kappa shape index (κ2) is 9.94. The summed E-state index contributed by atoms with van der Waals surface area (Å²) < 4.78 is 10.6. The van der Waals surface area contributed by atoms with Gasteiger partial charge in [-0.15, -0.1) is 0 Å². The van der Waals surface area contributed by atoms with Crippen molar-refractivity contribution >= 4 is 23.0 Å². The quantitative estimate of drug-likeness (QED) is 0.536. The summed E-state index contributed by atoms with van der Waals surface area (Å²) in [5, 5.41) is 4.34. The lowest BCUT2D eigenvalue weighted by Crippen LogP contribution is -3.14. The minimum Gasteiger partial charge on any atom is -0.497 e. The summed E-state index contributed by atoms with van der Waals surface area (Å²) in [5.74, 6) is 0.900. The smallest absolute Gasteiger partial charge is 0.169 e. The van der Waals surface area contributed by atoms with Gasteiger partial charge in [-0.2, -0.15) is 0 Å². The van der Waals surface area contributed by atoms with Crippen LogP contribution in [0.1, 0.15) is 6.42 Å². The molecule has 0 aromatic heterocycles. The van der Waals surface area contributed by atoms with Gasteiger partial charge in [0.25, 0.3) is 0 Å². The Balaban J connectivity index is 1.33. The molecule has 1 aromatic rings. The first-order valence-corrected chi connectivity index (χ1v) is 10.00. The van der Waals surface area contributed by atoms with Crippen LogP contribution in [0.3, 0.4) is 0 Å². The van der Waals surface area contributed by atoms with Crippen LogP contribution in [0.5, 0.6) is 5.75 Å². The topological polar surface area (TPSA) is 41.4 Å². The van der Waals surface area contributed by atoms with E-state index in [2.05, 4.69) is 27.2 Å². The van der Waals surface area contributed by atoms with E-state index in [0.29, 0.717) is 0 Å². The first-order chi connectivity index (χ1) is 12.8. The van der Waals surface area contributed by atoms with Crippen LogP contribution in [0.2, 0.25) is 0 Å². The monoisotopic (exact) mass is 379 g/mol. The maximum absolute atomic E-state index is 5.58. The Kier molecular flexibility index (Phi) is 7.34. The number of ether oxygens (including phenoxy) is 2. The van der Waals surface area contributed by atoms with Gasteiger partial charge < -0.3 is 29.5 Å². The van der Waals surface area contributed by atoms with E-state index in [1.54, 1.807) is 12.0 Å². The number of morpholine rings is 1. The fraction of sp³-hybridized carbons (Fsp3) is 0.632. The Bertz CT molecular complexity index is 555. The molecular weight excluding hydrogens is 348 g/mol. The van der Waals surface area contributed by atoms with E-state index in [0.717, 1.165) is 76.3 Å². The fourth-order valence-corrected chi connectivity index (χ4v) is 3.80. The molecule has 0 aliphatic carbocycles. The molecule has 1 aromatic carbocycles. The van der Waals surface area contributed by atoms with Crippen LogP contribution in [-0.4, -0.2) is 82.7 Å². The zero-order valence-corrected chi connectivity index (χ0v) is 16.5. The van der Waals surface area contributed by atoms with Crippen molar-refractivity contribution in [3.63, 3.8) is 0 Å². The third-order valence-electron chi connectivity index (χ3n) is 5.19. The average molecular weight is 380 g/mol. The molecule has 3 rings (SSSR count). The van der Waals surface area contributed by atoms with Crippen LogP contribution in [-0.2, 0) is 4.74 Å². The Morgan fingerprint density at radius 2 is 1.85 bits per heavy atom. The molecule has 6 nitrogen and oxygen atoms in total. The highest BCUT2D eigenvalue weighted by molar-refractivity contribution is 7.80. The SMILES string of the molecule is COc1ccc(N2CCN(C(=S)NCCC[NH+]3CCOCC3)CC2)cc1. The molecule has 2 N–H and O–H groups in total. The number of nitrogens with zero attached hydrogens (tertiary/aromatic N) is 2. The number of thiocarbonyl (C=S) groups is 1. The van der Waals surface area contributed by atoms with Crippen LogP contribution in [0.15, 0.2) is 24.3 Å². The van der Waals surface area contributed by atoms with E-state index >= 15 is 0 Å². The molecule has 0 unspecified atom stereocenters. The number of hydrogen-bond acceptors (Lipinski definition) is 4. The van der Waals surface area contributed by atoms with Crippen molar-refractivity contribution in [2.24, 2.45) is 0 Å². The second-order valence-corrected chi connectivity index (χ2v) is 7.26. The van der Waals surface area contributed by atoms with E-state index in [1.165, 1.54) is 12.2 Å². The van der Waals surface area contributed by atoms with Gasteiger partial charge in [-0.3, -0.25) is 0 Å². The number of benzene rings is 1. The van der Waals surface area contributed by atoms with Gasteiger partial charge in [0.15, 0.2) is 5.11 Å². The van der Waals surface area contributed by atoms with Gasteiger partial charge in [0.2, 0.25) is 0 Å². The van der Waals surface area contributed by atoms with Crippen molar-refractivity contribution in [2.45, 2.75) is 6.42 Å². The Hall–Kier alpha value is -1.57. The second-order valence-electron chi connectivity index (χ2n) is 6.87. The first-order valence-electron chi connectivity index (χ1n) is 9.59. The summed E-state index contributed by atoms with van der Waals surface area (Å²) in [7, 11) is 1.70. The van der Waals surface area contributed by atoms with Crippen LogP contribution in [0, 0.1) is 0 Å². The molecule has 0 atom stereocenters. The third-order valence-corrected chi connectivity index (χ3v) is 5.59. The van der Waals surface area contributed by atoms with Gasteiger partial charge in [0.1, 0.15) is 18.8 Å². The zero-order valence-electron chi connectivity index (χ0n) is 15.7. The summed E-state index contributed by atoms with van der Waals surface area (Å²) in [4.78, 5) is 6.34. The standard InChI is InChI=1S/C19H30N4O2S/c1-24-18-5-3-17(4-6-18)22-9-11-23(12-10-22)19(26)20-7-2-8-21-13-15-25-16-14-21/h3-6H,2,7-16H2,1H3,(H,20,26)/p+1. The van der Waals surface area contributed by atoms with Crippen LogP contribution in [0.25, 0.3) is 0 Å². The normalized spacial score (nSPS) is 18.7. The number of piperazine rings is 1.